The van der Waals surface area contributed by atoms with Crippen molar-refractivity contribution in [3.8, 4) is 0 Å². The minimum absolute atomic E-state index is 0.331. The molecule has 3 N–H and O–H groups in total. The van der Waals surface area contributed by atoms with Crippen molar-refractivity contribution in [2.45, 2.75) is 57.9 Å². The molecule has 2 rings (SSSR count). The molecule has 0 saturated carbocycles. The molecule has 0 amide bonds. The maximum Gasteiger partial charge on any atom is 0.133 e. The third-order valence-corrected chi connectivity index (χ3v) is 3.64. The van der Waals surface area contributed by atoms with Gasteiger partial charge >= 0.3 is 0 Å². The normalized spacial score (nSPS) is 16.8. The predicted octanol–water partition coefficient (Wildman–Crippen LogP) is 2.28. The van der Waals surface area contributed by atoms with Crippen LogP contribution in [0.4, 0.5) is 5.82 Å². The number of hydrogen-bond donors (Lipinski definition) is 2. The number of rotatable bonds is 5. The molecule has 0 aromatic carbocycles. The van der Waals surface area contributed by atoms with Crippen LogP contribution in [0.25, 0.3) is 0 Å². The van der Waals surface area contributed by atoms with Gasteiger partial charge in [-0.3, -0.25) is 0 Å². The fraction of sp³-hybridized carbons (Fsp3) is 0.714. The zero-order valence-electron chi connectivity index (χ0n) is 11.3. The third-order valence-electron chi connectivity index (χ3n) is 3.64. The Balaban J connectivity index is 2.17. The van der Waals surface area contributed by atoms with Crippen LogP contribution < -0.4 is 11.1 Å². The number of anilines is 1. The average Bonchev–Trinajstić information content (AvgIpc) is 2.64. The second-order valence-electron chi connectivity index (χ2n) is 5.07. The van der Waals surface area contributed by atoms with Gasteiger partial charge in [0.1, 0.15) is 12.1 Å². The van der Waals surface area contributed by atoms with Gasteiger partial charge in [-0.2, -0.15) is 0 Å². The molecule has 0 spiro atoms. The first-order valence-electron chi connectivity index (χ1n) is 7.14. The van der Waals surface area contributed by atoms with Crippen LogP contribution in [0.5, 0.6) is 0 Å². The Hall–Kier alpha value is -1.16. The van der Waals surface area contributed by atoms with Crippen molar-refractivity contribution >= 4 is 5.82 Å². The van der Waals surface area contributed by atoms with Crippen molar-refractivity contribution in [2.75, 3.05) is 11.9 Å². The molecule has 1 heterocycles. The number of fused-ring (bicyclic) bond motifs is 1. The maximum absolute atomic E-state index is 5.81. The van der Waals surface area contributed by atoms with E-state index >= 15 is 0 Å². The number of aryl methyl sites for hydroxylation is 1. The van der Waals surface area contributed by atoms with Crippen LogP contribution in [0.2, 0.25) is 0 Å². The Kier molecular flexibility index (Phi) is 4.93. The molecule has 0 fully saturated rings. The lowest BCUT2D eigenvalue weighted by atomic mass is 10.1. The van der Waals surface area contributed by atoms with Gasteiger partial charge < -0.3 is 11.1 Å². The number of nitrogens with zero attached hydrogens (tertiary/aromatic N) is 2. The SMILES string of the molecule is CCCC(CN)Nc1ncnc2c1CCCCC2. The largest absolute Gasteiger partial charge is 0.366 e. The van der Waals surface area contributed by atoms with Crippen molar-refractivity contribution in [3.05, 3.63) is 17.6 Å². The zero-order valence-corrected chi connectivity index (χ0v) is 11.3. The molecule has 0 radical (unpaired) electrons. The van der Waals surface area contributed by atoms with E-state index in [-0.39, 0.29) is 0 Å². The third kappa shape index (κ3) is 3.19. The lowest BCUT2D eigenvalue weighted by Gasteiger charge is -2.19. The molecular formula is C14H24N4. The Morgan fingerprint density at radius 3 is 2.89 bits per heavy atom. The summed E-state index contributed by atoms with van der Waals surface area (Å²) < 4.78 is 0. The number of aromatic nitrogens is 2. The standard InChI is InChI=1S/C14H24N4/c1-2-6-11(9-15)18-14-12-7-4-3-5-8-13(12)16-10-17-14/h10-11H,2-9,15H2,1H3,(H,16,17,18). The van der Waals surface area contributed by atoms with Crippen LogP contribution in [0.1, 0.15) is 50.3 Å². The molecule has 100 valence electrons. The van der Waals surface area contributed by atoms with Gasteiger partial charge in [-0.25, -0.2) is 9.97 Å². The summed E-state index contributed by atoms with van der Waals surface area (Å²) in [6, 6.07) is 0.331. The summed E-state index contributed by atoms with van der Waals surface area (Å²) in [5.41, 5.74) is 8.36. The summed E-state index contributed by atoms with van der Waals surface area (Å²) >= 11 is 0. The van der Waals surface area contributed by atoms with Crippen molar-refractivity contribution in [2.24, 2.45) is 5.73 Å². The van der Waals surface area contributed by atoms with Gasteiger partial charge in [-0.1, -0.05) is 19.8 Å². The topological polar surface area (TPSA) is 63.8 Å². The van der Waals surface area contributed by atoms with Crippen LogP contribution >= 0.6 is 0 Å². The van der Waals surface area contributed by atoms with E-state index in [2.05, 4.69) is 22.2 Å². The average molecular weight is 248 g/mol. The van der Waals surface area contributed by atoms with Crippen molar-refractivity contribution in [1.29, 1.82) is 0 Å². The molecule has 0 aliphatic heterocycles. The summed E-state index contributed by atoms with van der Waals surface area (Å²) in [5.74, 6) is 1.02. The lowest BCUT2D eigenvalue weighted by Crippen LogP contribution is -2.29. The summed E-state index contributed by atoms with van der Waals surface area (Å²) in [6.45, 7) is 2.84. The van der Waals surface area contributed by atoms with Crippen LogP contribution in [0.15, 0.2) is 6.33 Å². The molecule has 4 nitrogen and oxygen atoms in total. The van der Waals surface area contributed by atoms with E-state index in [1.165, 1.54) is 30.5 Å². The van der Waals surface area contributed by atoms with E-state index in [0.717, 1.165) is 31.5 Å². The molecule has 1 aromatic heterocycles. The Morgan fingerprint density at radius 2 is 2.11 bits per heavy atom. The predicted molar refractivity (Wildman–Crippen MR) is 74.7 cm³/mol. The molecule has 18 heavy (non-hydrogen) atoms. The molecule has 1 atom stereocenters. The smallest absolute Gasteiger partial charge is 0.133 e. The molecule has 1 aliphatic carbocycles. The summed E-state index contributed by atoms with van der Waals surface area (Å²) in [6.07, 6.45) is 9.90. The van der Waals surface area contributed by atoms with E-state index < -0.39 is 0 Å². The Bertz CT molecular complexity index is 378. The number of hydrogen-bond acceptors (Lipinski definition) is 4. The second-order valence-corrected chi connectivity index (χ2v) is 5.07. The van der Waals surface area contributed by atoms with Crippen LogP contribution in [0.3, 0.4) is 0 Å². The fourth-order valence-electron chi connectivity index (χ4n) is 2.61. The first kappa shape index (κ1) is 13.3. The monoisotopic (exact) mass is 248 g/mol. The number of nitrogens with one attached hydrogen (secondary N) is 1. The minimum Gasteiger partial charge on any atom is -0.366 e. The van der Waals surface area contributed by atoms with Crippen molar-refractivity contribution in [3.63, 3.8) is 0 Å². The van der Waals surface area contributed by atoms with E-state index in [0.29, 0.717) is 12.6 Å². The molecular weight excluding hydrogens is 224 g/mol. The highest BCUT2D eigenvalue weighted by atomic mass is 15.0. The van der Waals surface area contributed by atoms with E-state index in [4.69, 9.17) is 5.73 Å². The van der Waals surface area contributed by atoms with Crippen LogP contribution in [-0.4, -0.2) is 22.6 Å². The van der Waals surface area contributed by atoms with Crippen molar-refractivity contribution in [1.82, 2.24) is 9.97 Å². The first-order valence-corrected chi connectivity index (χ1v) is 7.14. The van der Waals surface area contributed by atoms with Crippen LogP contribution in [0, 0.1) is 0 Å². The highest BCUT2D eigenvalue weighted by Gasteiger charge is 2.16. The summed E-state index contributed by atoms with van der Waals surface area (Å²) in [7, 11) is 0. The minimum atomic E-state index is 0.331. The zero-order chi connectivity index (χ0) is 12.8. The molecule has 1 aromatic rings. The Morgan fingerprint density at radius 1 is 1.28 bits per heavy atom. The molecule has 0 saturated heterocycles. The fourth-order valence-corrected chi connectivity index (χ4v) is 2.61. The van der Waals surface area contributed by atoms with Crippen LogP contribution in [-0.2, 0) is 12.8 Å². The van der Waals surface area contributed by atoms with E-state index in [1.54, 1.807) is 6.33 Å². The Labute approximate surface area is 109 Å². The summed E-state index contributed by atoms with van der Waals surface area (Å²) in [4.78, 5) is 8.86. The molecule has 4 heteroatoms. The number of nitrogens with two attached hydrogens (primary N) is 1. The lowest BCUT2D eigenvalue weighted by molar-refractivity contribution is 0.643. The summed E-state index contributed by atoms with van der Waals surface area (Å²) in [5, 5.41) is 3.51. The molecule has 1 unspecified atom stereocenters. The van der Waals surface area contributed by atoms with Gasteiger partial charge in [0, 0.05) is 23.8 Å². The highest BCUT2D eigenvalue weighted by Crippen LogP contribution is 2.24. The molecule has 1 aliphatic rings. The molecule has 0 bridgehead atoms. The van der Waals surface area contributed by atoms with Gasteiger partial charge in [-0.15, -0.1) is 0 Å². The van der Waals surface area contributed by atoms with Gasteiger partial charge in [0.15, 0.2) is 0 Å². The van der Waals surface area contributed by atoms with Crippen molar-refractivity contribution < 1.29 is 0 Å². The van der Waals surface area contributed by atoms with Gasteiger partial charge in [0.25, 0.3) is 0 Å². The van der Waals surface area contributed by atoms with E-state index in [9.17, 15) is 0 Å². The second kappa shape index (κ2) is 6.69. The quantitative estimate of drug-likeness (QED) is 0.785. The van der Waals surface area contributed by atoms with Gasteiger partial charge in [0.2, 0.25) is 0 Å². The first-order chi connectivity index (χ1) is 8.85. The highest BCUT2D eigenvalue weighted by molar-refractivity contribution is 5.47. The van der Waals surface area contributed by atoms with Gasteiger partial charge in [-0.05, 0) is 32.1 Å². The maximum atomic E-state index is 5.81. The van der Waals surface area contributed by atoms with Gasteiger partial charge in [0.05, 0.1) is 0 Å². The van der Waals surface area contributed by atoms with E-state index in [1.807, 2.05) is 0 Å².